The van der Waals surface area contributed by atoms with E-state index in [0.717, 1.165) is 25.3 Å². The van der Waals surface area contributed by atoms with Crippen molar-refractivity contribution in [2.75, 3.05) is 26.2 Å². The fraction of sp³-hybridized carbons (Fsp3) is 0.409. The first-order valence-electron chi connectivity index (χ1n) is 10.2. The first kappa shape index (κ1) is 18.9. The Labute approximate surface area is 174 Å². The van der Waals surface area contributed by atoms with Crippen LogP contribution in [0.5, 0.6) is 0 Å². The van der Waals surface area contributed by atoms with Crippen LogP contribution in [0, 0.1) is 19.3 Å². The molecule has 1 unspecified atom stereocenters. The zero-order chi connectivity index (χ0) is 20.7. The molecule has 1 spiro atoms. The molecule has 4 heterocycles. The Kier molecular flexibility index (Phi) is 4.58. The summed E-state index contributed by atoms with van der Waals surface area (Å²) in [7, 11) is 0. The Balaban J connectivity index is 1.35. The van der Waals surface area contributed by atoms with Crippen LogP contribution in [0.25, 0.3) is 0 Å². The number of benzene rings is 1. The van der Waals surface area contributed by atoms with Gasteiger partial charge in [0.2, 0.25) is 5.89 Å². The molecular formula is C22H24N6O2. The summed E-state index contributed by atoms with van der Waals surface area (Å²) in [6.07, 6.45) is 3.18. The number of carbonyl (C=O) groups is 1. The molecule has 0 saturated carbocycles. The van der Waals surface area contributed by atoms with Crippen molar-refractivity contribution in [3.05, 3.63) is 71.4 Å². The van der Waals surface area contributed by atoms with Crippen LogP contribution >= 0.6 is 0 Å². The zero-order valence-electron chi connectivity index (χ0n) is 17.2. The number of carbonyl (C=O) groups excluding carboxylic acids is 1. The van der Waals surface area contributed by atoms with E-state index in [1.165, 1.54) is 5.56 Å². The fourth-order valence-electron chi connectivity index (χ4n) is 4.67. The first-order chi connectivity index (χ1) is 14.5. The van der Waals surface area contributed by atoms with E-state index in [0.29, 0.717) is 30.5 Å². The maximum absolute atomic E-state index is 12.9. The normalized spacial score (nSPS) is 20.5. The van der Waals surface area contributed by atoms with Gasteiger partial charge in [-0.1, -0.05) is 35.5 Å². The van der Waals surface area contributed by atoms with Crippen LogP contribution in [-0.4, -0.2) is 62.0 Å². The molecule has 8 nitrogen and oxygen atoms in total. The van der Waals surface area contributed by atoms with Gasteiger partial charge in [0.1, 0.15) is 5.69 Å². The molecule has 2 aliphatic rings. The molecule has 0 bridgehead atoms. The van der Waals surface area contributed by atoms with Crippen molar-refractivity contribution in [2.45, 2.75) is 26.3 Å². The predicted octanol–water partition coefficient (Wildman–Crippen LogP) is 2.22. The van der Waals surface area contributed by atoms with E-state index in [1.807, 2.05) is 24.8 Å². The highest BCUT2D eigenvalue weighted by atomic mass is 16.5. The molecule has 1 aromatic carbocycles. The number of rotatable bonds is 4. The Bertz CT molecular complexity index is 1040. The number of aromatic nitrogens is 4. The summed E-state index contributed by atoms with van der Waals surface area (Å²) >= 11 is 0. The minimum Gasteiger partial charge on any atom is -0.339 e. The molecular weight excluding hydrogens is 380 g/mol. The van der Waals surface area contributed by atoms with Gasteiger partial charge in [0.15, 0.2) is 5.82 Å². The number of nitrogens with zero attached hydrogens (tertiary/aromatic N) is 6. The lowest BCUT2D eigenvalue weighted by molar-refractivity contribution is -0.00169. The quantitative estimate of drug-likeness (QED) is 0.659. The third-order valence-corrected chi connectivity index (χ3v) is 6.11. The molecule has 1 atom stereocenters. The average molecular weight is 404 g/mol. The SMILES string of the molecule is Cc1cnc(C(=O)N2CC3(CN(Cc4ccccc4)CC3c3nc(C)no3)C2)cn1. The molecule has 8 heteroatoms. The lowest BCUT2D eigenvalue weighted by Gasteiger charge is -2.50. The van der Waals surface area contributed by atoms with E-state index in [1.54, 1.807) is 12.4 Å². The lowest BCUT2D eigenvalue weighted by Crippen LogP contribution is -2.61. The fourth-order valence-corrected chi connectivity index (χ4v) is 4.67. The van der Waals surface area contributed by atoms with Gasteiger partial charge in [0.05, 0.1) is 17.8 Å². The number of aryl methyl sites for hydroxylation is 2. The number of hydrogen-bond donors (Lipinski definition) is 0. The summed E-state index contributed by atoms with van der Waals surface area (Å²) < 4.78 is 5.56. The molecule has 2 fully saturated rings. The average Bonchev–Trinajstić information content (AvgIpc) is 3.31. The second-order valence-corrected chi connectivity index (χ2v) is 8.45. The van der Waals surface area contributed by atoms with Crippen LogP contribution in [0.4, 0.5) is 0 Å². The van der Waals surface area contributed by atoms with E-state index in [-0.39, 0.29) is 17.2 Å². The minimum atomic E-state index is -0.0818. The van der Waals surface area contributed by atoms with Gasteiger partial charge in [-0.15, -0.1) is 0 Å². The van der Waals surface area contributed by atoms with Crippen LogP contribution in [0.3, 0.4) is 0 Å². The maximum Gasteiger partial charge on any atom is 0.274 e. The van der Waals surface area contributed by atoms with E-state index in [2.05, 4.69) is 49.3 Å². The van der Waals surface area contributed by atoms with Gasteiger partial charge in [-0.05, 0) is 19.4 Å². The highest BCUT2D eigenvalue weighted by molar-refractivity contribution is 5.92. The monoisotopic (exact) mass is 404 g/mol. The predicted molar refractivity (Wildman–Crippen MR) is 109 cm³/mol. The van der Waals surface area contributed by atoms with Gasteiger partial charge in [0, 0.05) is 44.3 Å². The second-order valence-electron chi connectivity index (χ2n) is 8.45. The third-order valence-electron chi connectivity index (χ3n) is 6.11. The molecule has 0 aliphatic carbocycles. The van der Waals surface area contributed by atoms with Gasteiger partial charge in [0.25, 0.3) is 5.91 Å². The van der Waals surface area contributed by atoms with Gasteiger partial charge >= 0.3 is 0 Å². The van der Waals surface area contributed by atoms with Crippen molar-refractivity contribution < 1.29 is 9.32 Å². The van der Waals surface area contributed by atoms with Crippen molar-refractivity contribution in [2.24, 2.45) is 5.41 Å². The number of hydrogen-bond acceptors (Lipinski definition) is 7. The smallest absolute Gasteiger partial charge is 0.274 e. The van der Waals surface area contributed by atoms with Crippen LogP contribution in [0.2, 0.25) is 0 Å². The van der Waals surface area contributed by atoms with E-state index in [4.69, 9.17) is 4.52 Å². The van der Waals surface area contributed by atoms with Gasteiger partial charge in [-0.25, -0.2) is 4.98 Å². The molecule has 3 aromatic rings. The van der Waals surface area contributed by atoms with Crippen molar-refractivity contribution in [3.8, 4) is 0 Å². The molecule has 2 aliphatic heterocycles. The van der Waals surface area contributed by atoms with Crippen molar-refractivity contribution in [3.63, 3.8) is 0 Å². The number of amides is 1. The second kappa shape index (κ2) is 7.28. The Morgan fingerprint density at radius 2 is 1.93 bits per heavy atom. The third kappa shape index (κ3) is 3.37. The van der Waals surface area contributed by atoms with Gasteiger partial charge in [-0.3, -0.25) is 14.7 Å². The van der Waals surface area contributed by atoms with Crippen molar-refractivity contribution >= 4 is 5.91 Å². The molecule has 2 saturated heterocycles. The van der Waals surface area contributed by atoms with Crippen LogP contribution in [0.15, 0.2) is 47.2 Å². The molecule has 5 rings (SSSR count). The Hall–Kier alpha value is -3.13. The standard InChI is InChI=1S/C22H24N6O2/c1-15-8-24-19(9-23-15)21(29)28-13-22(14-28)12-27(10-17-6-4-3-5-7-17)11-18(22)20-25-16(2)26-30-20/h3-9,18H,10-14H2,1-2H3. The molecule has 1 amide bonds. The van der Waals surface area contributed by atoms with Gasteiger partial charge < -0.3 is 9.42 Å². The summed E-state index contributed by atoms with van der Waals surface area (Å²) in [4.78, 5) is 30.1. The topological polar surface area (TPSA) is 88.3 Å². The van der Waals surface area contributed by atoms with E-state index >= 15 is 0 Å². The van der Waals surface area contributed by atoms with Crippen molar-refractivity contribution in [1.29, 1.82) is 0 Å². The highest BCUT2D eigenvalue weighted by Crippen LogP contribution is 2.49. The summed E-state index contributed by atoms with van der Waals surface area (Å²) in [5.74, 6) is 1.35. The minimum absolute atomic E-state index is 0.0740. The molecule has 0 N–H and O–H groups in total. The molecule has 0 radical (unpaired) electrons. The van der Waals surface area contributed by atoms with Crippen LogP contribution in [0.1, 0.15) is 39.4 Å². The van der Waals surface area contributed by atoms with Crippen LogP contribution in [-0.2, 0) is 6.54 Å². The number of likely N-dealkylation sites (tertiary alicyclic amines) is 2. The van der Waals surface area contributed by atoms with E-state index in [9.17, 15) is 4.79 Å². The highest BCUT2D eigenvalue weighted by Gasteiger charge is 2.57. The van der Waals surface area contributed by atoms with Crippen molar-refractivity contribution in [1.82, 2.24) is 29.9 Å². The van der Waals surface area contributed by atoms with Gasteiger partial charge in [-0.2, -0.15) is 4.98 Å². The summed E-state index contributed by atoms with van der Waals surface area (Å²) in [6, 6.07) is 10.4. The van der Waals surface area contributed by atoms with E-state index < -0.39 is 0 Å². The zero-order valence-corrected chi connectivity index (χ0v) is 17.2. The molecule has 30 heavy (non-hydrogen) atoms. The molecule has 2 aromatic heterocycles. The summed E-state index contributed by atoms with van der Waals surface area (Å²) in [5.41, 5.74) is 2.38. The first-order valence-corrected chi connectivity index (χ1v) is 10.2. The van der Waals surface area contributed by atoms with Crippen LogP contribution < -0.4 is 0 Å². The summed E-state index contributed by atoms with van der Waals surface area (Å²) in [6.45, 7) is 7.58. The Morgan fingerprint density at radius 1 is 1.13 bits per heavy atom. The Morgan fingerprint density at radius 3 is 2.60 bits per heavy atom. The summed E-state index contributed by atoms with van der Waals surface area (Å²) in [5, 5.41) is 4.00. The lowest BCUT2D eigenvalue weighted by atomic mass is 9.71. The largest absolute Gasteiger partial charge is 0.339 e. The maximum atomic E-state index is 12.9. The molecule has 154 valence electrons.